The monoisotopic (exact) mass is 570 g/mol. The number of hydrogen-bond donors (Lipinski definition) is 0. The van der Waals surface area contributed by atoms with Crippen molar-refractivity contribution in [2.75, 3.05) is 40.0 Å². The largest absolute Gasteiger partial charge is 0.497 e. The highest BCUT2D eigenvalue weighted by Crippen LogP contribution is 2.34. The molecule has 1 aromatic heterocycles. The minimum atomic E-state index is -3.91. The van der Waals surface area contributed by atoms with E-state index < -0.39 is 10.0 Å². The second-order valence-electron chi connectivity index (χ2n) is 9.89. The van der Waals surface area contributed by atoms with Crippen molar-refractivity contribution in [3.8, 4) is 11.5 Å². The van der Waals surface area contributed by atoms with Crippen LogP contribution in [0.3, 0.4) is 0 Å². The number of nitrogens with zero attached hydrogens (tertiary/aromatic N) is 2. The highest BCUT2D eigenvalue weighted by atomic mass is 32.2. The quantitative estimate of drug-likeness (QED) is 0.358. The lowest BCUT2D eigenvalue weighted by Crippen LogP contribution is -2.49. The Bertz CT molecular complexity index is 1380. The van der Waals surface area contributed by atoms with Gasteiger partial charge >= 0.3 is 0 Å². The maximum Gasteiger partial charge on any atom is 0.243 e. The van der Waals surface area contributed by atoms with Crippen molar-refractivity contribution in [2.24, 2.45) is 0 Å². The molecule has 3 heterocycles. The van der Waals surface area contributed by atoms with E-state index in [4.69, 9.17) is 14.2 Å². The molecule has 39 heavy (non-hydrogen) atoms. The molecule has 1 fully saturated rings. The van der Waals surface area contributed by atoms with Crippen LogP contribution in [0.2, 0.25) is 0 Å². The van der Waals surface area contributed by atoms with Crippen LogP contribution in [-0.4, -0.2) is 69.6 Å². The van der Waals surface area contributed by atoms with Crippen LogP contribution < -0.4 is 9.47 Å². The number of sulfonamides is 1. The van der Waals surface area contributed by atoms with Crippen molar-refractivity contribution >= 4 is 27.3 Å². The Morgan fingerprint density at radius 2 is 1.95 bits per heavy atom. The summed E-state index contributed by atoms with van der Waals surface area (Å²) in [6.07, 6.45) is 2.15. The Balaban J connectivity index is 1.38. The van der Waals surface area contributed by atoms with Gasteiger partial charge in [-0.3, -0.25) is 4.79 Å². The number of fused-ring (bicyclic) bond motifs is 1. The average Bonchev–Trinajstić information content (AvgIpc) is 3.64. The van der Waals surface area contributed by atoms with E-state index in [9.17, 15) is 13.2 Å². The molecule has 2 aromatic carbocycles. The molecule has 0 N–H and O–H groups in total. The second-order valence-corrected chi connectivity index (χ2v) is 12.8. The fraction of sp³-hybridized carbons (Fsp3) is 0.414. The molecule has 2 aliphatic heterocycles. The number of carbonyl (C=O) groups is 1. The number of amides is 1. The van der Waals surface area contributed by atoms with E-state index in [2.05, 4.69) is 0 Å². The van der Waals surface area contributed by atoms with Crippen LogP contribution in [0.4, 0.5) is 0 Å². The lowest BCUT2D eigenvalue weighted by Gasteiger charge is -2.37. The first-order valence-corrected chi connectivity index (χ1v) is 15.5. The van der Waals surface area contributed by atoms with Gasteiger partial charge < -0.3 is 19.1 Å². The van der Waals surface area contributed by atoms with E-state index >= 15 is 0 Å². The second kappa shape index (κ2) is 12.1. The maximum atomic E-state index is 13.9. The van der Waals surface area contributed by atoms with Crippen LogP contribution in [0.15, 0.2) is 64.9 Å². The molecule has 0 bridgehead atoms. The van der Waals surface area contributed by atoms with Gasteiger partial charge in [-0.2, -0.15) is 4.31 Å². The summed E-state index contributed by atoms with van der Waals surface area (Å²) in [5.41, 5.74) is 2.02. The molecule has 0 saturated carbocycles. The molecule has 0 aliphatic carbocycles. The van der Waals surface area contributed by atoms with Gasteiger partial charge in [-0.1, -0.05) is 23.8 Å². The van der Waals surface area contributed by atoms with Gasteiger partial charge in [0.2, 0.25) is 15.9 Å². The summed E-state index contributed by atoms with van der Waals surface area (Å²) in [6, 6.07) is 15.8. The molecule has 208 valence electrons. The first kappa shape index (κ1) is 27.6. The zero-order chi connectivity index (χ0) is 27.4. The summed E-state index contributed by atoms with van der Waals surface area (Å²) in [7, 11) is -2.30. The third-order valence-corrected chi connectivity index (χ3v) is 10.1. The number of rotatable bonds is 10. The van der Waals surface area contributed by atoms with Gasteiger partial charge in [0.1, 0.15) is 18.1 Å². The number of thiophene rings is 1. The minimum absolute atomic E-state index is 0.143. The average molecular weight is 571 g/mol. The van der Waals surface area contributed by atoms with Crippen LogP contribution in [-0.2, 0) is 26.0 Å². The van der Waals surface area contributed by atoms with E-state index in [-0.39, 0.29) is 42.6 Å². The zero-order valence-corrected chi connectivity index (χ0v) is 23.9. The Kier molecular flexibility index (Phi) is 8.56. The topological polar surface area (TPSA) is 85.4 Å². The van der Waals surface area contributed by atoms with Crippen molar-refractivity contribution in [1.29, 1.82) is 0 Å². The van der Waals surface area contributed by atoms with Crippen molar-refractivity contribution in [3.63, 3.8) is 0 Å². The first-order chi connectivity index (χ1) is 18.8. The molecule has 8 nitrogen and oxygen atoms in total. The van der Waals surface area contributed by atoms with Crippen LogP contribution in [0, 0.1) is 6.92 Å². The number of hydrogen-bond acceptors (Lipinski definition) is 7. The van der Waals surface area contributed by atoms with E-state index in [1.54, 1.807) is 53.7 Å². The molecule has 0 radical (unpaired) electrons. The van der Waals surface area contributed by atoms with Crippen LogP contribution in [0.1, 0.15) is 34.9 Å². The summed E-state index contributed by atoms with van der Waals surface area (Å²) in [6.45, 7) is 3.15. The lowest BCUT2D eigenvalue weighted by molar-refractivity contribution is -0.135. The standard InChI is InChI=1S/C29H34N2O6S2/c1-21-8-10-25(11-9-21)39(33,34)30(18-24-7-4-15-36-24)19-29(32)31-14-12-28-26(13-16-38-28)27(31)20-37-23-6-3-5-22(17-23)35-2/h3,5-6,8-11,13,16-17,24,27H,4,7,12,14-15,18-20H2,1-2H3/t24-,27-/m0/s1. The SMILES string of the molecule is COc1cccc(OC[C@H]2c3ccsc3CCN2C(=O)CN(C[C@@H]2CCCO2)S(=O)(=O)c2ccc(C)cc2)c1. The smallest absolute Gasteiger partial charge is 0.243 e. The molecule has 2 aliphatic rings. The maximum absolute atomic E-state index is 13.9. The number of ether oxygens (including phenoxy) is 3. The normalized spacial score (nSPS) is 19.2. The minimum Gasteiger partial charge on any atom is -0.497 e. The molecular formula is C29H34N2O6S2. The lowest BCUT2D eigenvalue weighted by atomic mass is 10.0. The van der Waals surface area contributed by atoms with Crippen LogP contribution in [0.5, 0.6) is 11.5 Å². The zero-order valence-electron chi connectivity index (χ0n) is 22.2. The van der Waals surface area contributed by atoms with Gasteiger partial charge in [0.15, 0.2) is 0 Å². The Morgan fingerprint density at radius 3 is 2.69 bits per heavy atom. The highest BCUT2D eigenvalue weighted by molar-refractivity contribution is 7.89. The van der Waals surface area contributed by atoms with Gasteiger partial charge in [0.25, 0.3) is 0 Å². The van der Waals surface area contributed by atoms with E-state index in [0.29, 0.717) is 24.7 Å². The molecule has 2 atom stereocenters. The molecule has 3 aromatic rings. The molecule has 5 rings (SSSR count). The highest BCUT2D eigenvalue weighted by Gasteiger charge is 2.36. The predicted molar refractivity (Wildman–Crippen MR) is 150 cm³/mol. The fourth-order valence-electron chi connectivity index (χ4n) is 5.10. The van der Waals surface area contributed by atoms with Crippen molar-refractivity contribution in [1.82, 2.24) is 9.21 Å². The molecule has 0 spiro atoms. The van der Waals surface area contributed by atoms with Gasteiger partial charge in [-0.05, 0) is 67.5 Å². The van der Waals surface area contributed by atoms with Gasteiger partial charge in [-0.25, -0.2) is 8.42 Å². The van der Waals surface area contributed by atoms with E-state index in [1.165, 1.54) is 9.18 Å². The molecule has 0 unspecified atom stereocenters. The summed E-state index contributed by atoms with van der Waals surface area (Å²) in [4.78, 5) is 17.0. The van der Waals surface area contributed by atoms with Gasteiger partial charge in [0.05, 0.1) is 30.7 Å². The molecule has 1 amide bonds. The Hall–Kier alpha value is -2.92. The van der Waals surface area contributed by atoms with Gasteiger partial charge in [0, 0.05) is 30.6 Å². The van der Waals surface area contributed by atoms with Crippen molar-refractivity contribution in [2.45, 2.75) is 43.2 Å². The van der Waals surface area contributed by atoms with Crippen LogP contribution in [0.25, 0.3) is 0 Å². The summed E-state index contributed by atoms with van der Waals surface area (Å²) < 4.78 is 45.9. The van der Waals surface area contributed by atoms with Crippen molar-refractivity contribution in [3.05, 3.63) is 76.0 Å². The fourth-order valence-corrected chi connectivity index (χ4v) is 7.45. The Labute approximate surface area is 234 Å². The van der Waals surface area contributed by atoms with Crippen LogP contribution >= 0.6 is 11.3 Å². The third-order valence-electron chi connectivity index (χ3n) is 7.27. The summed E-state index contributed by atoms with van der Waals surface area (Å²) in [5, 5.41) is 2.03. The molecular weight excluding hydrogens is 536 g/mol. The first-order valence-electron chi connectivity index (χ1n) is 13.2. The van der Waals surface area contributed by atoms with Gasteiger partial charge in [-0.15, -0.1) is 11.3 Å². The number of methoxy groups -OCH3 is 1. The predicted octanol–water partition coefficient (Wildman–Crippen LogP) is 4.44. The van der Waals surface area contributed by atoms with E-state index in [0.717, 1.165) is 30.4 Å². The van der Waals surface area contributed by atoms with Crippen molar-refractivity contribution < 1.29 is 27.4 Å². The molecule has 10 heteroatoms. The number of benzene rings is 2. The summed E-state index contributed by atoms with van der Waals surface area (Å²) in [5.74, 6) is 1.08. The van der Waals surface area contributed by atoms with E-state index in [1.807, 2.05) is 36.6 Å². The Morgan fingerprint density at radius 1 is 1.15 bits per heavy atom. The molecule has 1 saturated heterocycles. The number of carbonyl (C=O) groups excluding carboxylic acids is 1. The number of aryl methyl sites for hydroxylation is 1. The summed E-state index contributed by atoms with van der Waals surface area (Å²) >= 11 is 1.67. The third kappa shape index (κ3) is 6.30.